The lowest BCUT2D eigenvalue weighted by Crippen LogP contribution is -2.09. The molecule has 0 aromatic carbocycles. The summed E-state index contributed by atoms with van der Waals surface area (Å²) >= 11 is 0. The van der Waals surface area contributed by atoms with Crippen LogP contribution >= 0.6 is 0 Å². The summed E-state index contributed by atoms with van der Waals surface area (Å²) in [6, 6.07) is 3.81. The summed E-state index contributed by atoms with van der Waals surface area (Å²) in [5, 5.41) is 0. The number of ether oxygens (including phenoxy) is 1. The zero-order valence-corrected chi connectivity index (χ0v) is 11.5. The maximum Gasteiger partial charge on any atom is 0.212 e. The summed E-state index contributed by atoms with van der Waals surface area (Å²) in [5.74, 6) is 1.40. The number of aryl methyl sites for hydroxylation is 2. The summed E-state index contributed by atoms with van der Waals surface area (Å²) in [6.07, 6.45) is 2.44. The summed E-state index contributed by atoms with van der Waals surface area (Å²) < 4.78 is 5.03. The van der Waals surface area contributed by atoms with Crippen molar-refractivity contribution < 1.29 is 4.74 Å². The Bertz CT molecular complexity index is 543. The molecular weight excluding hydrogens is 240 g/mol. The van der Waals surface area contributed by atoms with Crippen LogP contribution in [-0.4, -0.2) is 22.1 Å². The standard InChI is InChI=1S/C14H18N4O/c1-9-12(7-15)10(2)18-13(17-9)6-11-4-5-14(19-3)16-8-11/h4-5,8H,6-7,15H2,1-3H3. The molecular formula is C14H18N4O. The molecule has 2 N–H and O–H groups in total. The average Bonchev–Trinajstić information content (AvgIpc) is 2.39. The van der Waals surface area contributed by atoms with Crippen molar-refractivity contribution in [1.29, 1.82) is 0 Å². The summed E-state index contributed by atoms with van der Waals surface area (Å²) in [4.78, 5) is 13.2. The van der Waals surface area contributed by atoms with E-state index in [0.717, 1.165) is 28.3 Å². The van der Waals surface area contributed by atoms with E-state index in [9.17, 15) is 0 Å². The lowest BCUT2D eigenvalue weighted by atomic mass is 10.1. The third-order valence-corrected chi connectivity index (χ3v) is 3.04. The quantitative estimate of drug-likeness (QED) is 0.900. The highest BCUT2D eigenvalue weighted by Gasteiger charge is 2.08. The summed E-state index contributed by atoms with van der Waals surface area (Å²) in [5.41, 5.74) is 9.66. The largest absolute Gasteiger partial charge is 0.481 e. The number of rotatable bonds is 4. The number of nitrogens with zero attached hydrogens (tertiary/aromatic N) is 3. The van der Waals surface area contributed by atoms with Gasteiger partial charge in [0.05, 0.1) is 7.11 Å². The van der Waals surface area contributed by atoms with Crippen molar-refractivity contribution in [3.05, 3.63) is 46.7 Å². The lowest BCUT2D eigenvalue weighted by Gasteiger charge is -2.09. The van der Waals surface area contributed by atoms with E-state index in [2.05, 4.69) is 15.0 Å². The van der Waals surface area contributed by atoms with Gasteiger partial charge in [-0.2, -0.15) is 0 Å². The van der Waals surface area contributed by atoms with Crippen molar-refractivity contribution in [2.75, 3.05) is 7.11 Å². The van der Waals surface area contributed by atoms with E-state index in [1.807, 2.05) is 26.0 Å². The van der Waals surface area contributed by atoms with E-state index < -0.39 is 0 Å². The fourth-order valence-electron chi connectivity index (χ4n) is 2.00. The molecule has 19 heavy (non-hydrogen) atoms. The van der Waals surface area contributed by atoms with Crippen molar-refractivity contribution in [2.24, 2.45) is 5.73 Å². The molecule has 0 unspecified atom stereocenters. The minimum Gasteiger partial charge on any atom is -0.481 e. The number of nitrogens with two attached hydrogens (primary N) is 1. The molecule has 2 rings (SSSR count). The van der Waals surface area contributed by atoms with Gasteiger partial charge in [0.15, 0.2) is 0 Å². The molecule has 2 aromatic rings. The Labute approximate surface area is 112 Å². The Morgan fingerprint density at radius 2 is 1.84 bits per heavy atom. The molecule has 2 aromatic heterocycles. The normalized spacial score (nSPS) is 10.5. The van der Waals surface area contributed by atoms with Crippen LogP contribution in [0.5, 0.6) is 5.88 Å². The third kappa shape index (κ3) is 3.06. The first-order valence-corrected chi connectivity index (χ1v) is 6.16. The maximum atomic E-state index is 5.68. The first kappa shape index (κ1) is 13.4. The highest BCUT2D eigenvalue weighted by Crippen LogP contribution is 2.13. The fraction of sp³-hybridized carbons (Fsp3) is 0.357. The van der Waals surface area contributed by atoms with Gasteiger partial charge >= 0.3 is 0 Å². The molecule has 0 bridgehead atoms. The van der Waals surface area contributed by atoms with Crippen LogP contribution in [0, 0.1) is 13.8 Å². The van der Waals surface area contributed by atoms with Crippen LogP contribution < -0.4 is 10.5 Å². The van der Waals surface area contributed by atoms with Crippen LogP contribution in [0.25, 0.3) is 0 Å². The van der Waals surface area contributed by atoms with Crippen LogP contribution in [-0.2, 0) is 13.0 Å². The Morgan fingerprint density at radius 1 is 1.16 bits per heavy atom. The van der Waals surface area contributed by atoms with E-state index >= 15 is 0 Å². The number of methoxy groups -OCH3 is 1. The molecule has 0 aliphatic carbocycles. The lowest BCUT2D eigenvalue weighted by molar-refractivity contribution is 0.397. The maximum absolute atomic E-state index is 5.68. The molecule has 100 valence electrons. The van der Waals surface area contributed by atoms with E-state index in [1.165, 1.54) is 0 Å². The average molecular weight is 258 g/mol. The van der Waals surface area contributed by atoms with Gasteiger partial charge in [-0.25, -0.2) is 15.0 Å². The van der Waals surface area contributed by atoms with Crippen LogP contribution in [0.4, 0.5) is 0 Å². The number of pyridine rings is 1. The molecule has 5 heteroatoms. The van der Waals surface area contributed by atoms with Crippen LogP contribution in [0.2, 0.25) is 0 Å². The van der Waals surface area contributed by atoms with Gasteiger partial charge in [0.25, 0.3) is 0 Å². The summed E-state index contributed by atoms with van der Waals surface area (Å²) in [7, 11) is 1.60. The van der Waals surface area contributed by atoms with Crippen molar-refractivity contribution >= 4 is 0 Å². The van der Waals surface area contributed by atoms with Gasteiger partial charge in [-0.05, 0) is 19.4 Å². The molecule has 0 amide bonds. The van der Waals surface area contributed by atoms with E-state index in [4.69, 9.17) is 10.5 Å². The van der Waals surface area contributed by atoms with Crippen molar-refractivity contribution in [3.63, 3.8) is 0 Å². The summed E-state index contributed by atoms with van der Waals surface area (Å²) in [6.45, 7) is 4.40. The smallest absolute Gasteiger partial charge is 0.212 e. The zero-order valence-electron chi connectivity index (χ0n) is 11.5. The van der Waals surface area contributed by atoms with Crippen LogP contribution in [0.3, 0.4) is 0 Å². The topological polar surface area (TPSA) is 73.9 Å². The van der Waals surface area contributed by atoms with Gasteiger partial charge in [0.1, 0.15) is 5.82 Å². The van der Waals surface area contributed by atoms with E-state index in [0.29, 0.717) is 18.8 Å². The van der Waals surface area contributed by atoms with Gasteiger partial charge in [-0.3, -0.25) is 0 Å². The second-order valence-electron chi connectivity index (χ2n) is 4.38. The van der Waals surface area contributed by atoms with Crippen molar-refractivity contribution in [2.45, 2.75) is 26.8 Å². The van der Waals surface area contributed by atoms with Gasteiger partial charge < -0.3 is 10.5 Å². The molecule has 0 saturated heterocycles. The molecule has 0 aliphatic heterocycles. The monoisotopic (exact) mass is 258 g/mol. The van der Waals surface area contributed by atoms with E-state index in [-0.39, 0.29) is 0 Å². The molecule has 0 atom stereocenters. The first-order chi connectivity index (χ1) is 9.13. The molecule has 2 heterocycles. The van der Waals surface area contributed by atoms with Crippen LogP contribution in [0.1, 0.15) is 28.3 Å². The Morgan fingerprint density at radius 3 is 2.32 bits per heavy atom. The molecule has 0 spiro atoms. The molecule has 0 aliphatic rings. The number of hydrogen-bond acceptors (Lipinski definition) is 5. The van der Waals surface area contributed by atoms with Gasteiger partial charge in [0, 0.05) is 42.2 Å². The third-order valence-electron chi connectivity index (χ3n) is 3.04. The molecule has 5 nitrogen and oxygen atoms in total. The first-order valence-electron chi connectivity index (χ1n) is 6.16. The number of hydrogen-bond donors (Lipinski definition) is 1. The highest BCUT2D eigenvalue weighted by atomic mass is 16.5. The van der Waals surface area contributed by atoms with Gasteiger partial charge in [-0.15, -0.1) is 0 Å². The van der Waals surface area contributed by atoms with Gasteiger partial charge in [0.2, 0.25) is 5.88 Å². The second kappa shape index (κ2) is 5.75. The predicted octanol–water partition coefficient (Wildman–Crippen LogP) is 1.55. The molecule has 0 fully saturated rings. The predicted molar refractivity (Wildman–Crippen MR) is 73.0 cm³/mol. The zero-order chi connectivity index (χ0) is 13.8. The van der Waals surface area contributed by atoms with Crippen LogP contribution in [0.15, 0.2) is 18.3 Å². The van der Waals surface area contributed by atoms with E-state index in [1.54, 1.807) is 13.3 Å². The fourth-order valence-corrected chi connectivity index (χ4v) is 2.00. The molecule has 0 saturated carbocycles. The Kier molecular flexibility index (Phi) is 4.06. The Balaban J connectivity index is 2.23. The van der Waals surface area contributed by atoms with Gasteiger partial charge in [-0.1, -0.05) is 6.07 Å². The molecule has 0 radical (unpaired) electrons. The SMILES string of the molecule is COc1ccc(Cc2nc(C)c(CN)c(C)n2)cn1. The highest BCUT2D eigenvalue weighted by molar-refractivity contribution is 5.26. The Hall–Kier alpha value is -2.01. The second-order valence-corrected chi connectivity index (χ2v) is 4.38. The van der Waals surface area contributed by atoms with Crippen molar-refractivity contribution in [1.82, 2.24) is 15.0 Å². The van der Waals surface area contributed by atoms with Crippen molar-refractivity contribution in [3.8, 4) is 5.88 Å². The number of aromatic nitrogens is 3. The minimum atomic E-state index is 0.474. The minimum absolute atomic E-state index is 0.474.